The molecular formula is C6H12OS3. The molecule has 0 amide bonds. The fourth-order valence-electron chi connectivity index (χ4n) is 0.854. The van der Waals surface area contributed by atoms with Gasteiger partial charge in [-0.1, -0.05) is 21.6 Å². The van der Waals surface area contributed by atoms with E-state index in [1.165, 1.54) is 0 Å². The number of rotatable bonds is 0. The van der Waals surface area contributed by atoms with Crippen molar-refractivity contribution >= 4 is 32.4 Å². The Bertz CT molecular complexity index is 156. The van der Waals surface area contributed by atoms with Crippen LogP contribution >= 0.6 is 21.6 Å². The summed E-state index contributed by atoms with van der Waals surface area (Å²) < 4.78 is 11.5. The second kappa shape index (κ2) is 2.42. The van der Waals surface area contributed by atoms with Crippen LogP contribution in [0.3, 0.4) is 0 Å². The molecule has 0 saturated carbocycles. The second-order valence-electron chi connectivity index (χ2n) is 3.24. The first-order chi connectivity index (χ1) is 4.36. The van der Waals surface area contributed by atoms with Crippen molar-refractivity contribution in [2.75, 3.05) is 0 Å². The summed E-state index contributed by atoms with van der Waals surface area (Å²) >= 11 is 0. The molecule has 0 unspecified atom stereocenters. The quantitative estimate of drug-likeness (QED) is 0.554. The molecule has 0 aliphatic carbocycles. The van der Waals surface area contributed by atoms with Gasteiger partial charge in [0.1, 0.15) is 0 Å². The average molecular weight is 196 g/mol. The summed E-state index contributed by atoms with van der Waals surface area (Å²) in [5.74, 6) is 0. The van der Waals surface area contributed by atoms with Gasteiger partial charge in [0.2, 0.25) is 0 Å². The molecule has 0 atom stereocenters. The van der Waals surface area contributed by atoms with Crippen molar-refractivity contribution in [2.45, 2.75) is 35.9 Å². The molecule has 0 aromatic rings. The van der Waals surface area contributed by atoms with Crippen molar-refractivity contribution in [1.29, 1.82) is 0 Å². The first kappa shape index (κ1) is 8.94. The van der Waals surface area contributed by atoms with Gasteiger partial charge in [-0.25, -0.2) is 0 Å². The first-order valence-electron chi connectivity index (χ1n) is 3.15. The van der Waals surface area contributed by atoms with E-state index < -0.39 is 10.8 Å². The highest BCUT2D eigenvalue weighted by atomic mass is 33.1. The van der Waals surface area contributed by atoms with Crippen LogP contribution in [0.2, 0.25) is 0 Å². The van der Waals surface area contributed by atoms with Crippen molar-refractivity contribution in [3.05, 3.63) is 0 Å². The van der Waals surface area contributed by atoms with Crippen LogP contribution in [0.25, 0.3) is 0 Å². The van der Waals surface area contributed by atoms with E-state index in [4.69, 9.17) is 0 Å². The van der Waals surface area contributed by atoms with Gasteiger partial charge >= 0.3 is 0 Å². The maximum atomic E-state index is 11.6. The van der Waals surface area contributed by atoms with Crippen LogP contribution in [-0.4, -0.2) is 12.4 Å². The van der Waals surface area contributed by atoms with Gasteiger partial charge in [0, 0.05) is 0 Å². The van der Waals surface area contributed by atoms with Crippen LogP contribution in [0, 0.1) is 0 Å². The molecule has 1 nitrogen and oxygen atoms in total. The van der Waals surface area contributed by atoms with Gasteiger partial charge in [0.05, 0.1) is 19.0 Å². The standard InChI is InChI=1S/C6H12OS3/c1-5(2)8-9-6(3,4)10(5)7/h1-4H3. The molecule has 1 rings (SSSR count). The third-order valence-corrected chi connectivity index (χ3v) is 8.80. The summed E-state index contributed by atoms with van der Waals surface area (Å²) in [6.45, 7) is 8.15. The topological polar surface area (TPSA) is 17.1 Å². The summed E-state index contributed by atoms with van der Waals surface area (Å²) in [5.41, 5.74) is 0. The normalized spacial score (nSPS) is 30.8. The van der Waals surface area contributed by atoms with Crippen LogP contribution in [0.4, 0.5) is 0 Å². The minimum Gasteiger partial charge on any atom is -0.257 e. The Morgan fingerprint density at radius 3 is 1.40 bits per heavy atom. The molecule has 0 aromatic carbocycles. The van der Waals surface area contributed by atoms with Crippen molar-refractivity contribution in [3.63, 3.8) is 0 Å². The molecule has 60 valence electrons. The Labute approximate surface area is 72.6 Å². The van der Waals surface area contributed by atoms with Gasteiger partial charge < -0.3 is 0 Å². The molecule has 1 fully saturated rings. The molecule has 10 heavy (non-hydrogen) atoms. The van der Waals surface area contributed by atoms with E-state index in [-0.39, 0.29) is 8.16 Å². The lowest BCUT2D eigenvalue weighted by Gasteiger charge is -2.17. The lowest BCUT2D eigenvalue weighted by atomic mass is 10.5. The van der Waals surface area contributed by atoms with Crippen LogP contribution in [0.15, 0.2) is 0 Å². The van der Waals surface area contributed by atoms with Crippen LogP contribution < -0.4 is 0 Å². The molecule has 0 spiro atoms. The average Bonchev–Trinajstić information content (AvgIpc) is 1.95. The minimum absolute atomic E-state index is 0.0613. The zero-order valence-electron chi connectivity index (χ0n) is 6.63. The molecule has 0 radical (unpaired) electrons. The van der Waals surface area contributed by atoms with E-state index in [0.29, 0.717) is 0 Å². The molecule has 0 aromatic heterocycles. The third kappa shape index (κ3) is 1.38. The lowest BCUT2D eigenvalue weighted by Crippen LogP contribution is -2.28. The van der Waals surface area contributed by atoms with E-state index in [9.17, 15) is 4.21 Å². The fraction of sp³-hybridized carbons (Fsp3) is 1.00. The van der Waals surface area contributed by atoms with Gasteiger partial charge in [0.15, 0.2) is 0 Å². The number of hydrogen-bond acceptors (Lipinski definition) is 3. The van der Waals surface area contributed by atoms with E-state index >= 15 is 0 Å². The van der Waals surface area contributed by atoms with Crippen LogP contribution in [0.1, 0.15) is 27.7 Å². The highest BCUT2D eigenvalue weighted by Crippen LogP contribution is 2.56. The second-order valence-corrected chi connectivity index (χ2v) is 9.71. The summed E-state index contributed by atoms with van der Waals surface area (Å²) in [6.07, 6.45) is 0. The highest BCUT2D eigenvalue weighted by Gasteiger charge is 2.46. The monoisotopic (exact) mass is 196 g/mol. The molecule has 0 N–H and O–H groups in total. The van der Waals surface area contributed by atoms with E-state index in [0.717, 1.165) is 0 Å². The van der Waals surface area contributed by atoms with Gasteiger partial charge in [-0.3, -0.25) is 4.21 Å². The SMILES string of the molecule is CC1(C)SSC(C)(C)S1=O. The predicted molar refractivity (Wildman–Crippen MR) is 51.5 cm³/mol. The van der Waals surface area contributed by atoms with Crippen LogP contribution in [-0.2, 0) is 10.8 Å². The maximum Gasteiger partial charge on any atom is 0.0970 e. The Morgan fingerprint density at radius 2 is 1.30 bits per heavy atom. The van der Waals surface area contributed by atoms with Crippen molar-refractivity contribution in [1.82, 2.24) is 0 Å². The minimum atomic E-state index is -0.718. The van der Waals surface area contributed by atoms with E-state index in [1.807, 2.05) is 27.7 Å². The van der Waals surface area contributed by atoms with Gasteiger partial charge in [0.25, 0.3) is 0 Å². The summed E-state index contributed by atoms with van der Waals surface area (Å²) in [4.78, 5) is 0. The predicted octanol–water partition coefficient (Wildman–Crippen LogP) is 2.60. The largest absolute Gasteiger partial charge is 0.257 e. The molecule has 1 aliphatic heterocycles. The van der Waals surface area contributed by atoms with E-state index in [2.05, 4.69) is 0 Å². The maximum absolute atomic E-state index is 11.6. The van der Waals surface area contributed by atoms with Crippen LogP contribution in [0.5, 0.6) is 0 Å². The molecule has 1 aliphatic rings. The van der Waals surface area contributed by atoms with Gasteiger partial charge in [-0.05, 0) is 27.7 Å². The zero-order valence-corrected chi connectivity index (χ0v) is 9.08. The lowest BCUT2D eigenvalue weighted by molar-refractivity contribution is 0.663. The van der Waals surface area contributed by atoms with Crippen molar-refractivity contribution < 1.29 is 4.21 Å². The van der Waals surface area contributed by atoms with Gasteiger partial charge in [-0.15, -0.1) is 0 Å². The Kier molecular flexibility index (Phi) is 2.17. The zero-order chi connectivity index (χ0) is 7.99. The highest BCUT2D eigenvalue weighted by molar-refractivity contribution is 8.82. The Morgan fingerprint density at radius 1 is 1.00 bits per heavy atom. The van der Waals surface area contributed by atoms with Gasteiger partial charge in [-0.2, -0.15) is 0 Å². The van der Waals surface area contributed by atoms with E-state index in [1.54, 1.807) is 21.6 Å². The molecule has 0 bridgehead atoms. The molecule has 4 heteroatoms. The van der Waals surface area contributed by atoms with Crippen molar-refractivity contribution in [2.24, 2.45) is 0 Å². The molecule has 1 saturated heterocycles. The molecule has 1 heterocycles. The van der Waals surface area contributed by atoms with Crippen molar-refractivity contribution in [3.8, 4) is 0 Å². The smallest absolute Gasteiger partial charge is 0.0970 e. The summed E-state index contributed by atoms with van der Waals surface area (Å²) in [7, 11) is 2.74. The summed E-state index contributed by atoms with van der Waals surface area (Å²) in [5, 5.41) is 0. The summed E-state index contributed by atoms with van der Waals surface area (Å²) in [6, 6.07) is 0. The Balaban J connectivity index is 2.88. The fourth-order valence-corrected chi connectivity index (χ4v) is 7.27. The number of hydrogen-bond donors (Lipinski definition) is 0. The Hall–Kier alpha value is 0.850. The third-order valence-electron chi connectivity index (χ3n) is 1.34. The molecular weight excluding hydrogens is 184 g/mol. The first-order valence-corrected chi connectivity index (χ1v) is 6.45.